The van der Waals surface area contributed by atoms with E-state index in [9.17, 15) is 0 Å². The summed E-state index contributed by atoms with van der Waals surface area (Å²) in [6.07, 6.45) is 4.38. The molecule has 0 aliphatic carbocycles. The number of rotatable bonds is 4. The average Bonchev–Trinajstić information content (AvgIpc) is 2.97. The predicted octanol–water partition coefficient (Wildman–Crippen LogP) is 1.83. The second kappa shape index (κ2) is 5.40. The summed E-state index contributed by atoms with van der Waals surface area (Å²) in [6, 6.07) is 7.74. The van der Waals surface area contributed by atoms with Crippen LogP contribution in [0.5, 0.6) is 0 Å². The molecule has 1 aromatic carbocycles. The highest BCUT2D eigenvalue weighted by atomic mass is 32.1. The van der Waals surface area contributed by atoms with Crippen molar-refractivity contribution in [2.75, 3.05) is 0 Å². The standard InChI is InChI=1S/C13H13N5S/c14-18-12(5-9-6-15-8-19-9)13-7-16-10-3-1-2-4-11(10)17-13/h1-4,6-8,12,18H,5,14H2. The minimum atomic E-state index is -0.0578. The molecule has 19 heavy (non-hydrogen) atoms. The first-order chi connectivity index (χ1) is 9.36. The van der Waals surface area contributed by atoms with Crippen LogP contribution in [0, 0.1) is 0 Å². The summed E-state index contributed by atoms with van der Waals surface area (Å²) in [5.41, 5.74) is 7.22. The van der Waals surface area contributed by atoms with Crippen LogP contribution in [0.1, 0.15) is 16.6 Å². The van der Waals surface area contributed by atoms with E-state index in [2.05, 4.69) is 20.4 Å². The Labute approximate surface area is 114 Å². The number of aromatic nitrogens is 3. The Bertz CT molecular complexity index is 668. The summed E-state index contributed by atoms with van der Waals surface area (Å²) in [5.74, 6) is 5.63. The van der Waals surface area contributed by atoms with Crippen LogP contribution in [0.4, 0.5) is 0 Å². The largest absolute Gasteiger partial charge is 0.271 e. The van der Waals surface area contributed by atoms with E-state index in [0.717, 1.165) is 28.0 Å². The number of para-hydroxylation sites is 2. The molecule has 3 rings (SSSR count). The number of nitrogens with zero attached hydrogens (tertiary/aromatic N) is 3. The lowest BCUT2D eigenvalue weighted by atomic mass is 10.1. The Hall–Kier alpha value is -1.89. The zero-order chi connectivity index (χ0) is 13.1. The molecular formula is C13H13N5S. The van der Waals surface area contributed by atoms with Gasteiger partial charge in [-0.25, -0.2) is 4.98 Å². The third-order valence-corrected chi connectivity index (χ3v) is 3.72. The lowest BCUT2D eigenvalue weighted by Gasteiger charge is -2.14. The first kappa shape index (κ1) is 12.2. The SMILES string of the molecule is NNC(Cc1cncs1)c1cnc2ccccc2n1. The zero-order valence-corrected chi connectivity index (χ0v) is 11.0. The number of hydrogen-bond donors (Lipinski definition) is 2. The van der Waals surface area contributed by atoms with Crippen molar-refractivity contribution in [2.45, 2.75) is 12.5 Å². The summed E-state index contributed by atoms with van der Waals surface area (Å²) >= 11 is 1.61. The summed E-state index contributed by atoms with van der Waals surface area (Å²) < 4.78 is 0. The number of hydrazine groups is 1. The Morgan fingerprint density at radius 1 is 1.21 bits per heavy atom. The van der Waals surface area contributed by atoms with E-state index in [1.165, 1.54) is 0 Å². The van der Waals surface area contributed by atoms with Crippen LogP contribution in [0.15, 0.2) is 42.2 Å². The Kier molecular flexibility index (Phi) is 3.45. The average molecular weight is 271 g/mol. The highest BCUT2D eigenvalue weighted by Gasteiger charge is 2.14. The minimum absolute atomic E-state index is 0.0578. The Balaban J connectivity index is 1.92. The van der Waals surface area contributed by atoms with E-state index >= 15 is 0 Å². The molecule has 2 aromatic heterocycles. The third-order valence-electron chi connectivity index (χ3n) is 2.91. The quantitative estimate of drug-likeness (QED) is 0.559. The number of nitrogens with two attached hydrogens (primary N) is 1. The first-order valence-corrected chi connectivity index (χ1v) is 6.80. The summed E-state index contributed by atoms with van der Waals surface area (Å²) in [4.78, 5) is 14.2. The molecule has 6 heteroatoms. The molecule has 5 nitrogen and oxygen atoms in total. The second-order valence-electron chi connectivity index (χ2n) is 4.17. The summed E-state index contributed by atoms with van der Waals surface area (Å²) in [6.45, 7) is 0. The molecule has 2 heterocycles. The van der Waals surface area contributed by atoms with Crippen LogP contribution in [-0.2, 0) is 6.42 Å². The maximum atomic E-state index is 5.63. The van der Waals surface area contributed by atoms with Crippen LogP contribution in [0.3, 0.4) is 0 Å². The van der Waals surface area contributed by atoms with Gasteiger partial charge in [0.05, 0.1) is 34.5 Å². The fraction of sp³-hybridized carbons (Fsp3) is 0.154. The number of thiazole rings is 1. The van der Waals surface area contributed by atoms with Crippen LogP contribution in [0.2, 0.25) is 0 Å². The van der Waals surface area contributed by atoms with Gasteiger partial charge in [0.15, 0.2) is 0 Å². The van der Waals surface area contributed by atoms with Gasteiger partial charge in [-0.3, -0.25) is 21.2 Å². The van der Waals surface area contributed by atoms with Crippen molar-refractivity contribution in [1.82, 2.24) is 20.4 Å². The lowest BCUT2D eigenvalue weighted by Crippen LogP contribution is -2.30. The van der Waals surface area contributed by atoms with Gasteiger partial charge in [-0.1, -0.05) is 12.1 Å². The summed E-state index contributed by atoms with van der Waals surface area (Å²) in [5, 5.41) is 0. The van der Waals surface area contributed by atoms with Gasteiger partial charge < -0.3 is 0 Å². The monoisotopic (exact) mass is 271 g/mol. The van der Waals surface area contributed by atoms with E-state index < -0.39 is 0 Å². The highest BCUT2D eigenvalue weighted by molar-refractivity contribution is 7.09. The van der Waals surface area contributed by atoms with E-state index in [-0.39, 0.29) is 6.04 Å². The fourth-order valence-corrected chi connectivity index (χ4v) is 2.57. The van der Waals surface area contributed by atoms with Crippen LogP contribution < -0.4 is 11.3 Å². The molecule has 0 fully saturated rings. The van der Waals surface area contributed by atoms with E-state index in [1.807, 2.05) is 36.0 Å². The molecule has 1 unspecified atom stereocenters. The maximum Gasteiger partial charge on any atom is 0.0890 e. The van der Waals surface area contributed by atoms with Gasteiger partial charge in [-0.15, -0.1) is 11.3 Å². The van der Waals surface area contributed by atoms with E-state index in [1.54, 1.807) is 17.5 Å². The van der Waals surface area contributed by atoms with Gasteiger partial charge in [-0.05, 0) is 12.1 Å². The van der Waals surface area contributed by atoms with E-state index in [0.29, 0.717) is 0 Å². The fourth-order valence-electron chi connectivity index (χ4n) is 1.93. The number of hydrogen-bond acceptors (Lipinski definition) is 6. The van der Waals surface area contributed by atoms with Gasteiger partial charge in [0, 0.05) is 17.5 Å². The van der Waals surface area contributed by atoms with Gasteiger partial charge in [0.25, 0.3) is 0 Å². The van der Waals surface area contributed by atoms with Crippen LogP contribution in [-0.4, -0.2) is 15.0 Å². The van der Waals surface area contributed by atoms with Crippen molar-refractivity contribution in [1.29, 1.82) is 0 Å². The second-order valence-corrected chi connectivity index (χ2v) is 5.15. The molecule has 0 amide bonds. The van der Waals surface area contributed by atoms with E-state index in [4.69, 9.17) is 5.84 Å². The zero-order valence-electron chi connectivity index (χ0n) is 10.2. The molecule has 0 aliphatic heterocycles. The normalized spacial score (nSPS) is 12.7. The molecule has 0 aliphatic rings. The lowest BCUT2D eigenvalue weighted by molar-refractivity contribution is 0.541. The highest BCUT2D eigenvalue weighted by Crippen LogP contribution is 2.19. The molecule has 96 valence electrons. The smallest absolute Gasteiger partial charge is 0.0890 e. The molecule has 0 radical (unpaired) electrons. The molecule has 0 spiro atoms. The number of nitrogens with one attached hydrogen (secondary N) is 1. The topological polar surface area (TPSA) is 76.7 Å². The van der Waals surface area contributed by atoms with Crippen LogP contribution >= 0.6 is 11.3 Å². The molecule has 0 bridgehead atoms. The Morgan fingerprint density at radius 3 is 2.79 bits per heavy atom. The van der Waals surface area contributed by atoms with Crippen molar-refractivity contribution in [3.63, 3.8) is 0 Å². The molecule has 0 saturated heterocycles. The molecular weight excluding hydrogens is 258 g/mol. The number of benzene rings is 1. The Morgan fingerprint density at radius 2 is 2.05 bits per heavy atom. The van der Waals surface area contributed by atoms with Gasteiger partial charge >= 0.3 is 0 Å². The van der Waals surface area contributed by atoms with Gasteiger partial charge in [-0.2, -0.15) is 0 Å². The minimum Gasteiger partial charge on any atom is -0.271 e. The molecule has 3 N–H and O–H groups in total. The predicted molar refractivity (Wildman–Crippen MR) is 75.4 cm³/mol. The maximum absolute atomic E-state index is 5.63. The number of fused-ring (bicyclic) bond motifs is 1. The van der Waals surface area contributed by atoms with Crippen molar-refractivity contribution in [3.05, 3.63) is 52.7 Å². The molecule has 1 atom stereocenters. The van der Waals surface area contributed by atoms with Gasteiger partial charge in [0.1, 0.15) is 0 Å². The first-order valence-electron chi connectivity index (χ1n) is 5.92. The van der Waals surface area contributed by atoms with Crippen molar-refractivity contribution < 1.29 is 0 Å². The van der Waals surface area contributed by atoms with Gasteiger partial charge in [0.2, 0.25) is 0 Å². The van der Waals surface area contributed by atoms with Crippen molar-refractivity contribution in [2.24, 2.45) is 5.84 Å². The third kappa shape index (κ3) is 2.60. The summed E-state index contributed by atoms with van der Waals surface area (Å²) in [7, 11) is 0. The molecule has 3 aromatic rings. The van der Waals surface area contributed by atoms with Crippen molar-refractivity contribution in [3.8, 4) is 0 Å². The molecule has 0 saturated carbocycles. The van der Waals surface area contributed by atoms with Crippen LogP contribution in [0.25, 0.3) is 11.0 Å². The van der Waals surface area contributed by atoms with Crippen molar-refractivity contribution >= 4 is 22.4 Å².